The van der Waals surface area contributed by atoms with Gasteiger partial charge in [-0.1, -0.05) is 45.8 Å². The number of carboxylic acids is 1. The number of aromatic nitrogens is 2. The Morgan fingerprint density at radius 3 is 2.52 bits per heavy atom. The van der Waals surface area contributed by atoms with E-state index in [4.69, 9.17) is 19.4 Å². The van der Waals surface area contributed by atoms with Crippen molar-refractivity contribution in [2.45, 2.75) is 135 Å². The molecule has 2 saturated heterocycles. The Morgan fingerprint density at radius 2 is 1.83 bits per heavy atom. The topological polar surface area (TPSA) is 225 Å². The number of hydrogen-bond donors (Lipinski definition) is 5. The van der Waals surface area contributed by atoms with E-state index >= 15 is 0 Å². The summed E-state index contributed by atoms with van der Waals surface area (Å²) in [6.45, 7) is 14.1. The standard InChI is InChI=1S/C46H65N9O9S2/c1-27(2)47-44-50-36(26-65-44)35-22-38(32-17-16-30(63-8)20-34(32)48-35)64-31-21-37-40(56)52-46(42(58)59)23-29(46)14-12-10-9-11-13-15-33(41(57)54(37)24-31)49-43(60)51-39(45(5,6)7)25-53-18-19-55(28(3)4)66(53,61)62/h12,14,16-17,20,22,26-29,31,33,37,39H,9-11,13,15,18-19,21,23-25H2,1-8H3,(H,47,50)(H,52,56)(H,58,59)(H2,49,51,60)/t29?,31-,33+,37+,39-,46-/m1/s1. The summed E-state index contributed by atoms with van der Waals surface area (Å²) in [6.07, 6.45) is 6.37. The summed E-state index contributed by atoms with van der Waals surface area (Å²) < 4.78 is 42.0. The van der Waals surface area contributed by atoms with Crippen LogP contribution in [0, 0.1) is 11.3 Å². The number of fused-ring (bicyclic) bond motifs is 3. The highest BCUT2D eigenvalue weighted by Crippen LogP contribution is 2.46. The lowest BCUT2D eigenvalue weighted by molar-refractivity contribution is -0.145. The number of amides is 4. The molecular formula is C46H65N9O9S2. The second kappa shape index (κ2) is 19.7. The Morgan fingerprint density at radius 1 is 1.06 bits per heavy atom. The zero-order valence-corrected chi connectivity index (χ0v) is 40.8. The number of thiazole rings is 1. The number of carbonyl (C=O) groups excluding carboxylic acids is 3. The maximum Gasteiger partial charge on any atom is 0.330 e. The number of nitrogens with one attached hydrogen (secondary N) is 4. The van der Waals surface area contributed by atoms with Crippen molar-refractivity contribution in [3.63, 3.8) is 0 Å². The number of aliphatic carboxylic acids is 1. The molecule has 3 fully saturated rings. The van der Waals surface area contributed by atoms with Gasteiger partial charge in [-0.2, -0.15) is 17.0 Å². The summed E-state index contributed by atoms with van der Waals surface area (Å²) in [6, 6.07) is 3.66. The van der Waals surface area contributed by atoms with Crippen LogP contribution in [0.3, 0.4) is 0 Å². The van der Waals surface area contributed by atoms with Crippen LogP contribution in [0.5, 0.6) is 11.5 Å². The van der Waals surface area contributed by atoms with Crippen LogP contribution in [-0.4, -0.2) is 136 Å². The van der Waals surface area contributed by atoms with E-state index in [9.17, 15) is 32.7 Å². The molecule has 1 saturated carbocycles. The van der Waals surface area contributed by atoms with E-state index in [1.165, 1.54) is 24.8 Å². The molecule has 18 nitrogen and oxygen atoms in total. The van der Waals surface area contributed by atoms with Crippen LogP contribution in [0.1, 0.15) is 93.4 Å². The average molecular weight is 952 g/mol. The third-order valence-electron chi connectivity index (χ3n) is 12.9. The fourth-order valence-corrected chi connectivity index (χ4v) is 11.6. The number of anilines is 1. The first-order valence-electron chi connectivity index (χ1n) is 22.9. The van der Waals surface area contributed by atoms with Crippen molar-refractivity contribution in [3.05, 3.63) is 41.8 Å². The van der Waals surface area contributed by atoms with Gasteiger partial charge in [-0.3, -0.25) is 9.59 Å². The quantitative estimate of drug-likeness (QED) is 0.145. The van der Waals surface area contributed by atoms with Gasteiger partial charge in [0.2, 0.25) is 11.8 Å². The first-order chi connectivity index (χ1) is 31.2. The lowest BCUT2D eigenvalue weighted by atomic mass is 9.86. The predicted octanol–water partition coefficient (Wildman–Crippen LogP) is 5.37. The molecule has 5 N–H and O–H groups in total. The Balaban J connectivity index is 1.18. The van der Waals surface area contributed by atoms with Gasteiger partial charge >= 0.3 is 12.0 Å². The number of allylic oxidation sites excluding steroid dienone is 1. The molecule has 1 aliphatic carbocycles. The third kappa shape index (κ3) is 10.7. The van der Waals surface area contributed by atoms with E-state index in [1.54, 1.807) is 25.3 Å². The van der Waals surface area contributed by atoms with Gasteiger partial charge in [0.25, 0.3) is 10.2 Å². The highest BCUT2D eigenvalue weighted by atomic mass is 32.2. The van der Waals surface area contributed by atoms with Crippen LogP contribution in [-0.2, 0) is 24.6 Å². The fraction of sp³-hybridized carbons (Fsp3) is 0.609. The van der Waals surface area contributed by atoms with Crippen LogP contribution in [0.4, 0.5) is 9.93 Å². The number of methoxy groups -OCH3 is 1. The first-order valence-corrected chi connectivity index (χ1v) is 25.2. The Kier molecular flexibility index (Phi) is 14.6. The number of carbonyl (C=O) groups is 4. The molecule has 6 atom stereocenters. The number of rotatable bonds is 12. The number of nitrogens with zero attached hydrogens (tertiary/aromatic N) is 5. The molecule has 66 heavy (non-hydrogen) atoms. The lowest BCUT2D eigenvalue weighted by Crippen LogP contribution is -2.59. The molecule has 20 heteroatoms. The van der Waals surface area contributed by atoms with Crippen molar-refractivity contribution in [2.75, 3.05) is 38.6 Å². The summed E-state index contributed by atoms with van der Waals surface area (Å²) in [5.74, 6) is -1.66. The minimum atomic E-state index is -3.75. The van der Waals surface area contributed by atoms with E-state index < -0.39 is 75.1 Å². The molecule has 3 aliphatic heterocycles. The molecule has 4 aliphatic rings. The van der Waals surface area contributed by atoms with Gasteiger partial charge in [0.05, 0.1) is 24.9 Å². The van der Waals surface area contributed by atoms with Crippen LogP contribution in [0.15, 0.2) is 41.8 Å². The lowest BCUT2D eigenvalue weighted by Gasteiger charge is -2.35. The Labute approximate surface area is 391 Å². The highest BCUT2D eigenvalue weighted by molar-refractivity contribution is 7.87. The van der Waals surface area contributed by atoms with E-state index in [0.29, 0.717) is 53.2 Å². The SMILES string of the molecule is COc1ccc2c(O[C@@H]3C[C@H]4C(=O)N[C@]5(C(=O)O)CC5C=CCCCCC[C@H](NC(=O)N[C@H](CN5CCN(C(C)C)S5(=O)=O)C(C)(C)C)C(=O)N4C3)cc(-c3csc(NC(C)C)n3)nc2c1. The van der Waals surface area contributed by atoms with Crippen molar-refractivity contribution >= 4 is 61.4 Å². The number of urea groups is 1. The highest BCUT2D eigenvalue weighted by Gasteiger charge is 2.61. The molecule has 2 aromatic heterocycles. The van der Waals surface area contributed by atoms with Gasteiger partial charge in [-0.15, -0.1) is 11.3 Å². The van der Waals surface area contributed by atoms with Gasteiger partial charge in [-0.25, -0.2) is 19.6 Å². The maximum atomic E-state index is 15.0. The van der Waals surface area contributed by atoms with Crippen LogP contribution < -0.4 is 30.7 Å². The van der Waals surface area contributed by atoms with Gasteiger partial charge in [0.15, 0.2) is 5.13 Å². The minimum Gasteiger partial charge on any atom is -0.497 e. The number of hydrogen-bond acceptors (Lipinski definition) is 12. The van der Waals surface area contributed by atoms with Gasteiger partial charge in [0, 0.05) is 73.0 Å². The van der Waals surface area contributed by atoms with Crippen molar-refractivity contribution in [1.82, 2.24) is 39.4 Å². The summed E-state index contributed by atoms with van der Waals surface area (Å²) in [4.78, 5) is 67.3. The zero-order chi connectivity index (χ0) is 47.7. The molecule has 1 unspecified atom stereocenters. The van der Waals surface area contributed by atoms with Crippen molar-refractivity contribution in [3.8, 4) is 22.9 Å². The van der Waals surface area contributed by atoms with E-state index in [1.807, 2.05) is 72.1 Å². The second-order valence-corrected chi connectivity index (χ2v) is 22.2. The van der Waals surface area contributed by atoms with Crippen LogP contribution in [0.2, 0.25) is 0 Å². The first kappa shape index (κ1) is 48.9. The molecule has 4 amide bonds. The van der Waals surface area contributed by atoms with E-state index in [0.717, 1.165) is 18.0 Å². The predicted molar refractivity (Wildman–Crippen MR) is 253 cm³/mol. The molecule has 1 aromatic carbocycles. The minimum absolute atomic E-state index is 0.0327. The van der Waals surface area contributed by atoms with Crippen molar-refractivity contribution in [1.29, 1.82) is 0 Å². The fourth-order valence-electron chi connectivity index (χ4n) is 8.96. The molecule has 0 spiro atoms. The molecule has 0 bridgehead atoms. The number of benzene rings is 1. The largest absolute Gasteiger partial charge is 0.497 e. The maximum absolute atomic E-state index is 15.0. The van der Waals surface area contributed by atoms with Crippen LogP contribution >= 0.6 is 11.3 Å². The summed E-state index contributed by atoms with van der Waals surface area (Å²) in [7, 11) is -2.18. The molecule has 7 rings (SSSR count). The Hall–Kier alpha value is -5.05. The van der Waals surface area contributed by atoms with E-state index in [-0.39, 0.29) is 51.0 Å². The summed E-state index contributed by atoms with van der Waals surface area (Å²) in [5, 5.41) is 25.7. The summed E-state index contributed by atoms with van der Waals surface area (Å²) in [5.41, 5.74) is -0.342. The van der Waals surface area contributed by atoms with Gasteiger partial charge < -0.3 is 40.7 Å². The smallest absolute Gasteiger partial charge is 0.330 e. The molecule has 5 heterocycles. The average Bonchev–Trinajstić information content (AvgIpc) is 3.50. The van der Waals surface area contributed by atoms with Gasteiger partial charge in [-0.05, 0) is 70.9 Å². The van der Waals surface area contributed by atoms with Crippen molar-refractivity contribution in [2.24, 2.45) is 11.3 Å². The number of carboxylic acid groups (broad SMARTS) is 1. The van der Waals surface area contributed by atoms with Crippen LogP contribution in [0.25, 0.3) is 22.3 Å². The molecule has 360 valence electrons. The van der Waals surface area contributed by atoms with Crippen molar-refractivity contribution < 1.29 is 42.2 Å². The second-order valence-electron chi connectivity index (χ2n) is 19.5. The normalized spacial score (nSPS) is 25.7. The van der Waals surface area contributed by atoms with E-state index in [2.05, 4.69) is 21.3 Å². The molecular weight excluding hydrogens is 887 g/mol. The monoisotopic (exact) mass is 951 g/mol. The zero-order valence-electron chi connectivity index (χ0n) is 39.1. The molecule has 3 aromatic rings. The number of pyridine rings is 1. The van der Waals surface area contributed by atoms with Gasteiger partial charge in [0.1, 0.15) is 40.9 Å². The summed E-state index contributed by atoms with van der Waals surface area (Å²) >= 11 is 1.45. The molecule has 0 radical (unpaired) electrons. The number of ether oxygens (including phenoxy) is 2. The Bertz CT molecular complexity index is 2440. The third-order valence-corrected chi connectivity index (χ3v) is 15.8.